The summed E-state index contributed by atoms with van der Waals surface area (Å²) in [6, 6.07) is 60.0. The van der Waals surface area contributed by atoms with Crippen molar-refractivity contribution in [2.45, 2.75) is 38.9 Å². The lowest BCUT2D eigenvalue weighted by atomic mass is 9.79. The molecule has 15 rings (SSSR count). The Hall–Kier alpha value is -8.61. The number of hydrogen-bond donors (Lipinski definition) is 0. The van der Waals surface area contributed by atoms with Crippen molar-refractivity contribution in [3.8, 4) is 45.3 Å². The van der Waals surface area contributed by atoms with Crippen LogP contribution in [-0.4, -0.2) is 38.3 Å². The first kappa shape index (κ1) is 44.1. The lowest BCUT2D eigenvalue weighted by Gasteiger charge is -2.32. The second kappa shape index (κ2) is 16.7. The van der Waals surface area contributed by atoms with Gasteiger partial charge in [-0.2, -0.15) is 0 Å². The molecule has 0 unspecified atom stereocenters. The third kappa shape index (κ3) is 7.10. The third-order valence-electron chi connectivity index (χ3n) is 14.5. The zero-order valence-electron chi connectivity index (χ0n) is 40.5. The fourth-order valence-corrected chi connectivity index (χ4v) is 10.2. The Balaban J connectivity index is 0.000000140. The SMILES string of the molecule is CC1(C)OB(c2ccc3c(c2)oc2c(-c4nc(-c5ccccc5)c5oc6ccccc6c5n4)cccc23)OC1(C)C.Clc1ccc2c(c1)oc1c(-c3nc(-c4ccccc4)c4oc5ccccc5c4n3)cccc12. The molecule has 1 aliphatic rings. The normalized spacial score (nSPS) is 14.4. The van der Waals surface area contributed by atoms with E-state index in [-0.39, 0.29) is 0 Å². The van der Waals surface area contributed by atoms with Gasteiger partial charge >= 0.3 is 7.12 Å². The Bertz CT molecular complexity index is 4530. The van der Waals surface area contributed by atoms with Gasteiger partial charge in [-0.3, -0.25) is 0 Å². The molecule has 1 saturated heterocycles. The van der Waals surface area contributed by atoms with E-state index >= 15 is 0 Å². The number of rotatable bonds is 5. The second-order valence-corrected chi connectivity index (χ2v) is 20.1. The lowest BCUT2D eigenvalue weighted by Crippen LogP contribution is -2.41. The van der Waals surface area contributed by atoms with Crippen molar-refractivity contribution < 1.29 is 27.0 Å². The molecule has 0 N–H and O–H groups in total. The highest BCUT2D eigenvalue weighted by molar-refractivity contribution is 6.62. The van der Waals surface area contributed by atoms with E-state index in [1.807, 2.05) is 164 Å². The van der Waals surface area contributed by atoms with E-state index in [2.05, 4.69) is 45.9 Å². The van der Waals surface area contributed by atoms with Crippen molar-refractivity contribution in [1.82, 2.24) is 19.9 Å². The van der Waals surface area contributed by atoms with Crippen LogP contribution in [-0.2, 0) is 9.31 Å². The summed E-state index contributed by atoms with van der Waals surface area (Å²) in [4.78, 5) is 20.1. The summed E-state index contributed by atoms with van der Waals surface area (Å²) >= 11 is 6.20. The average molecular weight is 985 g/mol. The minimum Gasteiger partial charge on any atom is -0.455 e. The predicted molar refractivity (Wildman–Crippen MR) is 296 cm³/mol. The average Bonchev–Trinajstić information content (AvgIpc) is 4.23. The van der Waals surface area contributed by atoms with Gasteiger partial charge < -0.3 is 27.0 Å². The summed E-state index contributed by atoms with van der Waals surface area (Å²) in [5.41, 5.74) is 12.6. The number of nitrogens with zero attached hydrogens (tertiary/aromatic N) is 4. The topological polar surface area (TPSA) is 123 Å². The summed E-state index contributed by atoms with van der Waals surface area (Å²) < 4.78 is 37.9. The molecule has 1 aliphatic heterocycles. The largest absolute Gasteiger partial charge is 0.494 e. The van der Waals surface area contributed by atoms with E-state index in [1.54, 1.807) is 0 Å². The zero-order valence-corrected chi connectivity index (χ0v) is 41.3. The van der Waals surface area contributed by atoms with E-state index in [4.69, 9.17) is 58.5 Å². The van der Waals surface area contributed by atoms with Crippen molar-refractivity contribution in [2.24, 2.45) is 0 Å². The van der Waals surface area contributed by atoms with E-state index in [0.717, 1.165) is 116 Å². The number of benzene rings is 8. The Morgan fingerprint density at radius 2 is 0.811 bits per heavy atom. The molecule has 0 radical (unpaired) electrons. The first-order valence-corrected chi connectivity index (χ1v) is 24.8. The number of aromatic nitrogens is 4. The summed E-state index contributed by atoms with van der Waals surface area (Å²) in [5.74, 6) is 1.17. The minimum atomic E-state index is -0.467. The number of halogens is 1. The molecule has 74 heavy (non-hydrogen) atoms. The number of para-hydroxylation sites is 4. The number of fused-ring (bicyclic) bond motifs is 12. The van der Waals surface area contributed by atoms with Crippen LogP contribution in [0.15, 0.2) is 200 Å². The van der Waals surface area contributed by atoms with Gasteiger partial charge in [0.1, 0.15) is 55.9 Å². The molecule has 0 amide bonds. The minimum absolute atomic E-state index is 0.419. The molecular formula is C62H42BClN4O6. The molecule has 14 aromatic rings. The van der Waals surface area contributed by atoms with E-state index < -0.39 is 18.3 Å². The van der Waals surface area contributed by atoms with Crippen molar-refractivity contribution >= 4 is 112 Å². The van der Waals surface area contributed by atoms with Crippen molar-refractivity contribution in [3.63, 3.8) is 0 Å². The summed E-state index contributed by atoms with van der Waals surface area (Å²) in [5, 5.41) is 6.57. The first-order chi connectivity index (χ1) is 36.0. The van der Waals surface area contributed by atoms with Crippen LogP contribution in [0.1, 0.15) is 27.7 Å². The van der Waals surface area contributed by atoms with Crippen LogP contribution < -0.4 is 5.46 Å². The Labute approximate surface area is 428 Å². The van der Waals surface area contributed by atoms with Crippen molar-refractivity contribution in [1.29, 1.82) is 0 Å². The van der Waals surface area contributed by atoms with Crippen LogP contribution >= 0.6 is 11.6 Å². The van der Waals surface area contributed by atoms with E-state index in [9.17, 15) is 0 Å². The second-order valence-electron chi connectivity index (χ2n) is 19.6. The quantitative estimate of drug-likeness (QED) is 0.154. The lowest BCUT2D eigenvalue weighted by molar-refractivity contribution is 0.00578. The fraction of sp³-hybridized carbons (Fsp3) is 0.0968. The van der Waals surface area contributed by atoms with Gasteiger partial charge in [-0.05, 0) is 87.8 Å². The van der Waals surface area contributed by atoms with Crippen LogP contribution in [0.25, 0.3) is 133 Å². The molecule has 0 bridgehead atoms. The van der Waals surface area contributed by atoms with Gasteiger partial charge in [0, 0.05) is 54.5 Å². The van der Waals surface area contributed by atoms with Gasteiger partial charge in [0.05, 0.1) is 22.3 Å². The molecule has 0 spiro atoms. The molecule has 0 atom stereocenters. The highest BCUT2D eigenvalue weighted by atomic mass is 35.5. The van der Waals surface area contributed by atoms with Gasteiger partial charge in [0.2, 0.25) is 0 Å². The molecule has 0 saturated carbocycles. The number of hydrogen-bond acceptors (Lipinski definition) is 10. The third-order valence-corrected chi connectivity index (χ3v) is 14.8. The maximum absolute atomic E-state index is 6.55. The molecule has 1 fully saturated rings. The van der Waals surface area contributed by atoms with Crippen LogP contribution in [0.2, 0.25) is 5.02 Å². The molecule has 12 heteroatoms. The molecule has 8 aromatic carbocycles. The highest BCUT2D eigenvalue weighted by Gasteiger charge is 2.51. The molecule has 356 valence electrons. The van der Waals surface area contributed by atoms with Gasteiger partial charge in [-0.1, -0.05) is 133 Å². The summed E-state index contributed by atoms with van der Waals surface area (Å²) in [6.07, 6.45) is 0. The Kier molecular flexibility index (Phi) is 9.97. The van der Waals surface area contributed by atoms with E-state index in [1.165, 1.54) is 0 Å². The monoisotopic (exact) mass is 984 g/mol. The summed E-state index contributed by atoms with van der Waals surface area (Å²) in [6.45, 7) is 8.23. The van der Waals surface area contributed by atoms with Crippen LogP contribution in [0, 0.1) is 0 Å². The fourth-order valence-electron chi connectivity index (χ4n) is 10.1. The molecule has 0 aliphatic carbocycles. The highest BCUT2D eigenvalue weighted by Crippen LogP contribution is 2.42. The van der Waals surface area contributed by atoms with Crippen LogP contribution in [0.5, 0.6) is 0 Å². The Morgan fingerprint density at radius 1 is 0.378 bits per heavy atom. The summed E-state index contributed by atoms with van der Waals surface area (Å²) in [7, 11) is -0.467. The number of furan rings is 4. The van der Waals surface area contributed by atoms with E-state index in [0.29, 0.717) is 27.8 Å². The van der Waals surface area contributed by atoms with Gasteiger partial charge in [0.25, 0.3) is 0 Å². The first-order valence-electron chi connectivity index (χ1n) is 24.5. The zero-order chi connectivity index (χ0) is 49.9. The van der Waals surface area contributed by atoms with Crippen molar-refractivity contribution in [3.05, 3.63) is 187 Å². The van der Waals surface area contributed by atoms with Gasteiger partial charge in [-0.15, -0.1) is 0 Å². The smallest absolute Gasteiger partial charge is 0.455 e. The van der Waals surface area contributed by atoms with Crippen molar-refractivity contribution in [2.75, 3.05) is 0 Å². The maximum Gasteiger partial charge on any atom is 0.494 e. The molecule has 7 heterocycles. The molecule has 6 aromatic heterocycles. The molecule has 10 nitrogen and oxygen atoms in total. The van der Waals surface area contributed by atoms with Gasteiger partial charge in [0.15, 0.2) is 22.8 Å². The molecular weight excluding hydrogens is 943 g/mol. The standard InChI is InChI=1S/C34H27BN2O4.C28H15ClN2O2/c1-33(2)34(3,4)41-35(40-33)21-17-18-22-23-14-10-15-25(30(23)39-27(22)19-21)32-36-28(20-11-6-5-7-12-20)31-29(37-32)24-13-8-9-16-26(24)38-31;29-17-13-14-18-19-10-6-11-21(26(19)33-23(18)15-17)28-30-24(16-7-2-1-3-8-16)27-25(31-28)20-9-4-5-12-22(20)32-27/h5-19H,1-4H3;1-15H. The van der Waals surface area contributed by atoms with Crippen LogP contribution in [0.3, 0.4) is 0 Å². The predicted octanol–water partition coefficient (Wildman–Crippen LogP) is 16.2. The maximum atomic E-state index is 6.55. The van der Waals surface area contributed by atoms with Crippen LogP contribution in [0.4, 0.5) is 0 Å². The van der Waals surface area contributed by atoms with Gasteiger partial charge in [-0.25, -0.2) is 19.9 Å². The Morgan fingerprint density at radius 3 is 1.32 bits per heavy atom.